The molecule has 0 saturated carbocycles. The van der Waals surface area contributed by atoms with Crippen molar-refractivity contribution >= 4 is 52.7 Å². The number of benzene rings is 3. The number of hydrogen-bond donors (Lipinski definition) is 0. The molecule has 0 aliphatic carbocycles. The maximum atomic E-state index is 13.8. The minimum absolute atomic E-state index is 0.284. The van der Waals surface area contributed by atoms with Crippen molar-refractivity contribution in [3.8, 4) is 0 Å². The maximum Gasteiger partial charge on any atom is 0.240 e. The van der Waals surface area contributed by atoms with Crippen LogP contribution in [0.25, 0.3) is 0 Å². The molecule has 0 N–H and O–H groups in total. The molecule has 168 valence electrons. The highest BCUT2D eigenvalue weighted by molar-refractivity contribution is 6.36. The Bertz CT molecular complexity index is 1390. The second kappa shape index (κ2) is 7.79. The van der Waals surface area contributed by atoms with Crippen molar-refractivity contribution in [3.63, 3.8) is 0 Å². The lowest BCUT2D eigenvalue weighted by Crippen LogP contribution is -2.44. The number of hydrogen-bond acceptors (Lipinski definition) is 5. The average Bonchev–Trinajstić information content (AvgIpc) is 3.32. The molecule has 3 aliphatic heterocycles. The molecule has 0 spiro atoms. The van der Waals surface area contributed by atoms with E-state index < -0.39 is 29.8 Å². The summed E-state index contributed by atoms with van der Waals surface area (Å²) in [6.45, 7) is 0. The highest BCUT2D eigenvalue weighted by Crippen LogP contribution is 2.53. The van der Waals surface area contributed by atoms with E-state index in [9.17, 15) is 14.4 Å². The summed E-state index contributed by atoms with van der Waals surface area (Å²) >= 11 is 12.4. The van der Waals surface area contributed by atoms with Gasteiger partial charge in [0.1, 0.15) is 6.04 Å². The normalized spacial score (nSPS) is 24.8. The van der Waals surface area contributed by atoms with Crippen molar-refractivity contribution in [1.82, 2.24) is 5.01 Å². The number of Topliss-reactive ketones (excluding diaryl/α,β-unsaturated/α-hetero) is 1. The number of rotatable bonds is 3. The van der Waals surface area contributed by atoms with Crippen LogP contribution in [0, 0.1) is 11.8 Å². The van der Waals surface area contributed by atoms with Crippen LogP contribution >= 0.6 is 23.2 Å². The van der Waals surface area contributed by atoms with Gasteiger partial charge in [0, 0.05) is 10.6 Å². The summed E-state index contributed by atoms with van der Waals surface area (Å²) in [4.78, 5) is 42.5. The molecule has 8 heteroatoms. The Morgan fingerprint density at radius 3 is 2.26 bits per heavy atom. The summed E-state index contributed by atoms with van der Waals surface area (Å²) in [6, 6.07) is 19.4. The van der Waals surface area contributed by atoms with Crippen LogP contribution in [0.15, 0.2) is 77.9 Å². The van der Waals surface area contributed by atoms with Gasteiger partial charge in [0.05, 0.1) is 34.8 Å². The molecule has 0 aromatic heterocycles. The summed E-state index contributed by atoms with van der Waals surface area (Å²) in [7, 11) is 0. The first-order valence-electron chi connectivity index (χ1n) is 10.8. The van der Waals surface area contributed by atoms with E-state index in [-0.39, 0.29) is 11.7 Å². The van der Waals surface area contributed by atoms with Crippen molar-refractivity contribution in [2.45, 2.75) is 12.1 Å². The molecular weight excluding hydrogens is 473 g/mol. The van der Waals surface area contributed by atoms with Gasteiger partial charge in [-0.05, 0) is 47.5 Å². The van der Waals surface area contributed by atoms with Crippen molar-refractivity contribution in [2.24, 2.45) is 16.9 Å². The quantitative estimate of drug-likeness (QED) is 0.393. The molecule has 3 aromatic carbocycles. The van der Waals surface area contributed by atoms with Gasteiger partial charge >= 0.3 is 0 Å². The van der Waals surface area contributed by atoms with Crippen molar-refractivity contribution < 1.29 is 14.4 Å². The number of hydrazone groups is 1. The number of imide groups is 1. The molecule has 34 heavy (non-hydrogen) atoms. The SMILES string of the molecule is O=C(c1ccc(Cl)cc1)[C@@H]1[C@@H]2C(=O)N(c3ccccc3Cl)C(=O)[C@@H]2C2c3ccccc3C=NN21. The topological polar surface area (TPSA) is 70.0 Å². The molecule has 4 atom stereocenters. The lowest BCUT2D eigenvalue weighted by atomic mass is 9.83. The highest BCUT2D eigenvalue weighted by atomic mass is 35.5. The second-order valence-electron chi connectivity index (χ2n) is 8.53. The number of para-hydroxylation sites is 1. The monoisotopic (exact) mass is 489 g/mol. The zero-order chi connectivity index (χ0) is 23.6. The van der Waals surface area contributed by atoms with Crippen molar-refractivity contribution in [1.29, 1.82) is 0 Å². The van der Waals surface area contributed by atoms with Crippen LogP contribution in [0.5, 0.6) is 0 Å². The molecule has 2 amide bonds. The number of anilines is 1. The van der Waals surface area contributed by atoms with Gasteiger partial charge in [-0.2, -0.15) is 5.10 Å². The predicted octanol–water partition coefficient (Wildman–Crippen LogP) is 4.75. The van der Waals surface area contributed by atoms with Crippen molar-refractivity contribution in [2.75, 3.05) is 4.90 Å². The Hall–Kier alpha value is -3.48. The first-order valence-corrected chi connectivity index (χ1v) is 11.6. The Kier molecular flexibility index (Phi) is 4.83. The molecule has 2 saturated heterocycles. The number of amides is 2. The fraction of sp³-hybridized carbons (Fsp3) is 0.154. The largest absolute Gasteiger partial charge is 0.292 e. The van der Waals surface area contributed by atoms with Crippen molar-refractivity contribution in [3.05, 3.63) is 99.5 Å². The Labute approximate surface area is 205 Å². The third kappa shape index (κ3) is 2.95. The summed E-state index contributed by atoms with van der Waals surface area (Å²) in [5, 5.41) is 6.99. The minimum atomic E-state index is -0.940. The number of nitrogens with zero attached hydrogens (tertiary/aromatic N) is 3. The molecule has 6 nitrogen and oxygen atoms in total. The van der Waals surface area contributed by atoms with E-state index in [1.165, 1.54) is 0 Å². The molecule has 1 unspecified atom stereocenters. The van der Waals surface area contributed by atoms with Crippen LogP contribution in [0.3, 0.4) is 0 Å². The molecule has 3 heterocycles. The Morgan fingerprint density at radius 1 is 0.824 bits per heavy atom. The number of fused-ring (bicyclic) bond motifs is 5. The highest BCUT2D eigenvalue weighted by Gasteiger charge is 2.65. The summed E-state index contributed by atoms with van der Waals surface area (Å²) < 4.78 is 0. The average molecular weight is 490 g/mol. The molecule has 3 aromatic rings. The second-order valence-corrected chi connectivity index (χ2v) is 9.37. The van der Waals surface area contributed by atoms with E-state index in [0.29, 0.717) is 21.3 Å². The van der Waals surface area contributed by atoms with Gasteiger partial charge in [-0.15, -0.1) is 0 Å². The van der Waals surface area contributed by atoms with Gasteiger partial charge in [-0.3, -0.25) is 19.4 Å². The van der Waals surface area contributed by atoms with Crippen LogP contribution in [0.1, 0.15) is 27.5 Å². The smallest absolute Gasteiger partial charge is 0.240 e. The molecule has 2 fully saturated rings. The fourth-order valence-corrected chi connectivity index (χ4v) is 5.67. The van der Waals surface area contributed by atoms with Gasteiger partial charge in [0.15, 0.2) is 5.78 Å². The molecule has 3 aliphatic rings. The van der Waals surface area contributed by atoms with Gasteiger partial charge in [-0.1, -0.05) is 59.6 Å². The van der Waals surface area contributed by atoms with E-state index in [0.717, 1.165) is 16.0 Å². The van der Waals surface area contributed by atoms with Gasteiger partial charge in [-0.25, -0.2) is 4.90 Å². The Balaban J connectivity index is 1.51. The summed E-state index contributed by atoms with van der Waals surface area (Å²) in [5.41, 5.74) is 2.45. The number of halogens is 2. The van der Waals surface area contributed by atoms with Crippen LogP contribution in [-0.2, 0) is 9.59 Å². The van der Waals surface area contributed by atoms with Gasteiger partial charge in [0.25, 0.3) is 0 Å². The van der Waals surface area contributed by atoms with E-state index >= 15 is 0 Å². The lowest BCUT2D eigenvalue weighted by molar-refractivity contribution is -0.124. The first kappa shape index (κ1) is 21.1. The zero-order valence-electron chi connectivity index (χ0n) is 17.6. The predicted molar refractivity (Wildman–Crippen MR) is 129 cm³/mol. The molecule has 6 rings (SSSR count). The molecule has 0 radical (unpaired) electrons. The fourth-order valence-electron chi connectivity index (χ4n) is 5.32. The van der Waals surface area contributed by atoms with E-state index in [2.05, 4.69) is 5.10 Å². The standard InChI is InChI=1S/C26H17Cl2N3O3/c27-16-11-9-14(10-12-16)24(32)23-21-20(22-17-6-2-1-5-15(17)13-29-31(22)23)25(33)30(26(21)34)19-8-4-3-7-18(19)28/h1-13,20-23H/t20-,21+,22?,23-/m0/s1. The molecule has 0 bridgehead atoms. The van der Waals surface area contributed by atoms with Crippen LogP contribution in [-0.4, -0.2) is 34.9 Å². The van der Waals surface area contributed by atoms with Crippen LogP contribution in [0.2, 0.25) is 10.0 Å². The van der Waals surface area contributed by atoms with Crippen LogP contribution in [0.4, 0.5) is 5.69 Å². The first-order chi connectivity index (χ1) is 16.5. The van der Waals surface area contributed by atoms with Gasteiger partial charge in [0.2, 0.25) is 11.8 Å². The summed E-state index contributed by atoms with van der Waals surface area (Å²) in [5.74, 6) is -2.79. The van der Waals surface area contributed by atoms with Gasteiger partial charge < -0.3 is 0 Å². The molecular formula is C26H17Cl2N3O3. The van der Waals surface area contributed by atoms with E-state index in [1.807, 2.05) is 24.3 Å². The summed E-state index contributed by atoms with van der Waals surface area (Å²) in [6.07, 6.45) is 1.68. The maximum absolute atomic E-state index is 13.8. The number of carbonyl (C=O) groups excluding carboxylic acids is 3. The van der Waals surface area contributed by atoms with E-state index in [4.69, 9.17) is 23.2 Å². The number of ketones is 1. The third-order valence-electron chi connectivity index (χ3n) is 6.78. The van der Waals surface area contributed by atoms with E-state index in [1.54, 1.807) is 59.8 Å². The zero-order valence-corrected chi connectivity index (χ0v) is 19.1. The lowest BCUT2D eigenvalue weighted by Gasteiger charge is -2.33. The third-order valence-corrected chi connectivity index (χ3v) is 7.36. The van der Waals surface area contributed by atoms with Crippen LogP contribution < -0.4 is 4.90 Å². The Morgan fingerprint density at radius 2 is 1.50 bits per heavy atom. The minimum Gasteiger partial charge on any atom is -0.292 e. The number of carbonyl (C=O) groups is 3.